The fourth-order valence-electron chi connectivity index (χ4n) is 3.51. The molecule has 1 heterocycles. The Kier molecular flexibility index (Phi) is 2.83. The molecule has 4 aromatic rings. The van der Waals surface area contributed by atoms with E-state index in [-0.39, 0.29) is 0 Å². The third-order valence-electron chi connectivity index (χ3n) is 4.57. The Bertz CT molecular complexity index is 946. The van der Waals surface area contributed by atoms with Gasteiger partial charge < -0.3 is 4.57 Å². The Morgan fingerprint density at radius 1 is 0.545 bits per heavy atom. The lowest BCUT2D eigenvalue weighted by Gasteiger charge is -2.13. The summed E-state index contributed by atoms with van der Waals surface area (Å²) in [5.74, 6) is 0. The van der Waals surface area contributed by atoms with Crippen LogP contribution in [0.2, 0.25) is 0 Å². The summed E-state index contributed by atoms with van der Waals surface area (Å²) in [6.45, 7) is 6.58. The van der Waals surface area contributed by atoms with Crippen LogP contribution in [-0.4, -0.2) is 4.57 Å². The Morgan fingerprint density at radius 2 is 1.05 bits per heavy atom. The van der Waals surface area contributed by atoms with Gasteiger partial charge in [0, 0.05) is 16.5 Å². The molecule has 0 fully saturated rings. The van der Waals surface area contributed by atoms with E-state index in [9.17, 15) is 0 Å². The van der Waals surface area contributed by atoms with Gasteiger partial charge in [-0.1, -0.05) is 54.6 Å². The molecule has 0 N–H and O–H groups in total. The molecule has 0 bridgehead atoms. The van der Waals surface area contributed by atoms with Crippen molar-refractivity contribution in [1.82, 2.24) is 4.57 Å². The minimum absolute atomic E-state index is 1.27. The predicted molar refractivity (Wildman–Crippen MR) is 95.0 cm³/mol. The fourth-order valence-corrected chi connectivity index (χ4v) is 3.51. The molecule has 0 amide bonds. The van der Waals surface area contributed by atoms with E-state index in [1.165, 1.54) is 44.2 Å². The van der Waals surface area contributed by atoms with Gasteiger partial charge in [0.1, 0.15) is 0 Å². The van der Waals surface area contributed by atoms with Crippen LogP contribution in [0.5, 0.6) is 0 Å². The van der Waals surface area contributed by atoms with Crippen molar-refractivity contribution in [3.05, 3.63) is 77.4 Å². The first kappa shape index (κ1) is 13.1. The van der Waals surface area contributed by atoms with Crippen LogP contribution in [0.25, 0.3) is 27.5 Å². The molecule has 1 nitrogen and oxygen atoms in total. The second-order valence-corrected chi connectivity index (χ2v) is 6.06. The molecule has 108 valence electrons. The topological polar surface area (TPSA) is 4.93 Å². The molecule has 0 unspecified atom stereocenters. The average molecular weight is 285 g/mol. The van der Waals surface area contributed by atoms with Gasteiger partial charge in [-0.05, 0) is 43.5 Å². The van der Waals surface area contributed by atoms with Crippen LogP contribution in [0.1, 0.15) is 16.7 Å². The summed E-state index contributed by atoms with van der Waals surface area (Å²) >= 11 is 0. The number of hydrogen-bond donors (Lipinski definition) is 0. The molecule has 0 saturated carbocycles. The molecular weight excluding hydrogens is 266 g/mol. The van der Waals surface area contributed by atoms with E-state index in [0.29, 0.717) is 0 Å². The van der Waals surface area contributed by atoms with Gasteiger partial charge >= 0.3 is 0 Å². The average Bonchev–Trinajstić information content (AvgIpc) is 2.85. The highest BCUT2D eigenvalue weighted by Gasteiger charge is 2.15. The van der Waals surface area contributed by atoms with Crippen molar-refractivity contribution in [2.75, 3.05) is 0 Å². The first-order chi connectivity index (χ1) is 10.7. The van der Waals surface area contributed by atoms with Crippen LogP contribution < -0.4 is 0 Å². The van der Waals surface area contributed by atoms with Crippen molar-refractivity contribution in [2.24, 2.45) is 0 Å². The number of aromatic nitrogens is 1. The number of nitrogens with zero attached hydrogens (tertiary/aromatic N) is 1. The maximum absolute atomic E-state index is 2.44. The monoisotopic (exact) mass is 285 g/mol. The van der Waals surface area contributed by atoms with Crippen LogP contribution in [0.3, 0.4) is 0 Å². The zero-order chi connectivity index (χ0) is 15.3. The molecule has 0 spiro atoms. The van der Waals surface area contributed by atoms with Crippen LogP contribution in [0.15, 0.2) is 60.7 Å². The molecule has 1 heteroatoms. The molecule has 0 aliphatic rings. The Hall–Kier alpha value is -2.54. The van der Waals surface area contributed by atoms with E-state index < -0.39 is 0 Å². The summed E-state index contributed by atoms with van der Waals surface area (Å²) in [5, 5.41) is 2.67. The van der Waals surface area contributed by atoms with Crippen molar-refractivity contribution >= 4 is 21.8 Å². The number of hydrogen-bond acceptors (Lipinski definition) is 0. The van der Waals surface area contributed by atoms with E-state index >= 15 is 0 Å². The van der Waals surface area contributed by atoms with Crippen molar-refractivity contribution in [2.45, 2.75) is 20.8 Å². The molecule has 3 aromatic carbocycles. The Morgan fingerprint density at radius 3 is 1.59 bits per heavy atom. The highest BCUT2D eigenvalue weighted by atomic mass is 15.0. The van der Waals surface area contributed by atoms with E-state index in [2.05, 4.69) is 86.0 Å². The van der Waals surface area contributed by atoms with Crippen LogP contribution >= 0.6 is 0 Å². The smallest absolute Gasteiger partial charge is 0.0570 e. The van der Waals surface area contributed by atoms with Crippen LogP contribution in [-0.2, 0) is 0 Å². The van der Waals surface area contributed by atoms with Crippen molar-refractivity contribution in [1.29, 1.82) is 0 Å². The number of rotatable bonds is 1. The minimum atomic E-state index is 1.27. The van der Waals surface area contributed by atoms with E-state index in [1.807, 2.05) is 0 Å². The van der Waals surface area contributed by atoms with Crippen LogP contribution in [0.4, 0.5) is 0 Å². The van der Waals surface area contributed by atoms with Gasteiger partial charge in [-0.25, -0.2) is 0 Å². The lowest BCUT2D eigenvalue weighted by Crippen LogP contribution is -1.98. The normalized spacial score (nSPS) is 11.4. The first-order valence-corrected chi connectivity index (χ1v) is 7.74. The second kappa shape index (κ2) is 4.74. The lowest BCUT2D eigenvalue weighted by atomic mass is 10.1. The van der Waals surface area contributed by atoms with Gasteiger partial charge in [0.05, 0.1) is 11.0 Å². The van der Waals surface area contributed by atoms with Crippen molar-refractivity contribution in [3.8, 4) is 5.69 Å². The van der Waals surface area contributed by atoms with Gasteiger partial charge in [0.25, 0.3) is 0 Å². The van der Waals surface area contributed by atoms with E-state index in [4.69, 9.17) is 0 Å². The highest BCUT2D eigenvalue weighted by Crippen LogP contribution is 2.35. The van der Waals surface area contributed by atoms with Gasteiger partial charge in [0.2, 0.25) is 0 Å². The SMILES string of the molecule is Cc1ccccc1-n1c2c(C)cccc2c2cccc(C)c21. The highest BCUT2D eigenvalue weighted by molar-refractivity contribution is 6.11. The van der Waals surface area contributed by atoms with Gasteiger partial charge in [-0.2, -0.15) is 0 Å². The summed E-state index contributed by atoms with van der Waals surface area (Å²) in [5.41, 5.74) is 7.84. The predicted octanol–water partition coefficient (Wildman–Crippen LogP) is 5.71. The third-order valence-corrected chi connectivity index (χ3v) is 4.57. The summed E-state index contributed by atoms with van der Waals surface area (Å²) in [7, 11) is 0. The minimum Gasteiger partial charge on any atom is -0.308 e. The van der Waals surface area contributed by atoms with Crippen LogP contribution in [0, 0.1) is 20.8 Å². The second-order valence-electron chi connectivity index (χ2n) is 6.06. The summed E-state index contributed by atoms with van der Waals surface area (Å²) in [6, 6.07) is 21.8. The summed E-state index contributed by atoms with van der Waals surface area (Å²) in [4.78, 5) is 0. The summed E-state index contributed by atoms with van der Waals surface area (Å²) in [6.07, 6.45) is 0. The zero-order valence-electron chi connectivity index (χ0n) is 13.2. The Labute approximate surface area is 130 Å². The maximum atomic E-state index is 2.44. The molecular formula is C21H19N. The van der Waals surface area contributed by atoms with Gasteiger partial charge in [-0.3, -0.25) is 0 Å². The van der Waals surface area contributed by atoms with E-state index in [1.54, 1.807) is 0 Å². The third kappa shape index (κ3) is 1.72. The maximum Gasteiger partial charge on any atom is 0.0570 e. The number of para-hydroxylation sites is 3. The first-order valence-electron chi connectivity index (χ1n) is 7.74. The zero-order valence-corrected chi connectivity index (χ0v) is 13.2. The van der Waals surface area contributed by atoms with Gasteiger partial charge in [0.15, 0.2) is 0 Å². The largest absolute Gasteiger partial charge is 0.308 e. The quantitative estimate of drug-likeness (QED) is 0.422. The molecule has 1 aromatic heterocycles. The molecule has 0 saturated heterocycles. The molecule has 0 radical (unpaired) electrons. The van der Waals surface area contributed by atoms with Crippen molar-refractivity contribution < 1.29 is 0 Å². The molecule has 0 aliphatic heterocycles. The van der Waals surface area contributed by atoms with Gasteiger partial charge in [-0.15, -0.1) is 0 Å². The molecule has 0 atom stereocenters. The number of benzene rings is 3. The molecule has 22 heavy (non-hydrogen) atoms. The Balaban J connectivity index is 2.32. The summed E-state index contributed by atoms with van der Waals surface area (Å²) < 4.78 is 2.44. The van der Waals surface area contributed by atoms with E-state index in [0.717, 1.165) is 0 Å². The molecule has 4 rings (SSSR count). The number of fused-ring (bicyclic) bond motifs is 3. The van der Waals surface area contributed by atoms with Crippen molar-refractivity contribution in [3.63, 3.8) is 0 Å². The number of aryl methyl sites for hydroxylation is 3. The standard InChI is InChI=1S/C21H19N/c1-14-8-4-5-13-19(14)22-20-15(2)9-6-11-17(20)18-12-7-10-16(3)21(18)22/h4-13H,1-3H3. The lowest BCUT2D eigenvalue weighted by molar-refractivity contribution is 1.13. The fraction of sp³-hybridized carbons (Fsp3) is 0.143. The molecule has 0 aliphatic carbocycles.